The standard InChI is InChI=1S/C30H57NO2/c1-2-3-4-5-6-7-8-9-10-11-12-13-20-25-30(32)33-27-26-31(28-21-16-14-17-22-28)29-23-18-15-19-24-29/h28-29H,2-27H2,1H3. The van der Waals surface area contributed by atoms with Crippen molar-refractivity contribution in [3.05, 3.63) is 0 Å². The Kier molecular flexibility index (Phi) is 17.1. The van der Waals surface area contributed by atoms with Crippen LogP contribution in [-0.2, 0) is 9.53 Å². The molecule has 3 nitrogen and oxygen atoms in total. The summed E-state index contributed by atoms with van der Waals surface area (Å²) in [6, 6.07) is 1.48. The number of nitrogens with zero attached hydrogens (tertiary/aromatic N) is 1. The van der Waals surface area contributed by atoms with E-state index in [-0.39, 0.29) is 5.97 Å². The van der Waals surface area contributed by atoms with Crippen molar-refractivity contribution in [1.82, 2.24) is 4.90 Å². The van der Waals surface area contributed by atoms with Gasteiger partial charge in [0.15, 0.2) is 0 Å². The first-order chi connectivity index (χ1) is 16.3. The lowest BCUT2D eigenvalue weighted by Gasteiger charge is -2.41. The van der Waals surface area contributed by atoms with Crippen molar-refractivity contribution in [2.45, 2.75) is 173 Å². The average molecular weight is 464 g/mol. The van der Waals surface area contributed by atoms with Crippen LogP contribution in [0.3, 0.4) is 0 Å². The van der Waals surface area contributed by atoms with Gasteiger partial charge in [-0.25, -0.2) is 0 Å². The zero-order valence-electron chi connectivity index (χ0n) is 22.3. The van der Waals surface area contributed by atoms with Gasteiger partial charge in [-0.3, -0.25) is 9.69 Å². The summed E-state index contributed by atoms with van der Waals surface area (Å²) in [6.07, 6.45) is 31.8. The summed E-state index contributed by atoms with van der Waals surface area (Å²) in [5.74, 6) is 0.0327. The molecule has 0 N–H and O–H groups in total. The number of hydrogen-bond donors (Lipinski definition) is 0. The van der Waals surface area contributed by atoms with Crippen LogP contribution in [0, 0.1) is 0 Å². The quantitative estimate of drug-likeness (QED) is 0.141. The maximum absolute atomic E-state index is 12.2. The summed E-state index contributed by atoms with van der Waals surface area (Å²) in [5, 5.41) is 0. The minimum atomic E-state index is 0.0327. The molecule has 2 aliphatic rings. The van der Waals surface area contributed by atoms with Crippen LogP contribution in [0.4, 0.5) is 0 Å². The van der Waals surface area contributed by atoms with Gasteiger partial charge in [0.05, 0.1) is 0 Å². The Morgan fingerprint density at radius 1 is 0.636 bits per heavy atom. The van der Waals surface area contributed by atoms with Crippen LogP contribution < -0.4 is 0 Å². The molecule has 2 fully saturated rings. The summed E-state index contributed by atoms with van der Waals surface area (Å²) in [7, 11) is 0. The SMILES string of the molecule is CCCCCCCCCCCCCCCC(=O)OCCN(C1CCCCC1)C1CCCCC1. The topological polar surface area (TPSA) is 29.5 Å². The predicted molar refractivity (Wildman–Crippen MR) is 142 cm³/mol. The van der Waals surface area contributed by atoms with E-state index in [9.17, 15) is 4.79 Å². The Balaban J connectivity index is 1.44. The van der Waals surface area contributed by atoms with Gasteiger partial charge in [0.25, 0.3) is 0 Å². The lowest BCUT2D eigenvalue weighted by molar-refractivity contribution is -0.144. The first kappa shape index (κ1) is 28.7. The number of hydrogen-bond acceptors (Lipinski definition) is 3. The molecule has 0 heterocycles. The molecular formula is C30H57NO2. The second-order valence-corrected chi connectivity index (χ2v) is 11.0. The van der Waals surface area contributed by atoms with Gasteiger partial charge >= 0.3 is 5.97 Å². The highest BCUT2D eigenvalue weighted by atomic mass is 16.5. The predicted octanol–water partition coefficient (Wildman–Crippen LogP) is 8.98. The molecule has 0 radical (unpaired) electrons. The summed E-state index contributed by atoms with van der Waals surface area (Å²) in [4.78, 5) is 15.0. The number of ether oxygens (including phenoxy) is 1. The molecule has 2 saturated carbocycles. The molecule has 2 aliphatic carbocycles. The molecule has 0 aliphatic heterocycles. The molecule has 0 aromatic rings. The van der Waals surface area contributed by atoms with Crippen molar-refractivity contribution in [1.29, 1.82) is 0 Å². The van der Waals surface area contributed by atoms with E-state index in [4.69, 9.17) is 4.74 Å². The maximum atomic E-state index is 12.2. The second-order valence-electron chi connectivity index (χ2n) is 11.0. The van der Waals surface area contributed by atoms with E-state index in [0.717, 1.165) is 25.0 Å². The highest BCUT2D eigenvalue weighted by molar-refractivity contribution is 5.69. The molecule has 0 aromatic heterocycles. The van der Waals surface area contributed by atoms with E-state index < -0.39 is 0 Å². The molecule has 0 spiro atoms. The van der Waals surface area contributed by atoms with E-state index in [0.29, 0.717) is 13.0 Å². The number of carbonyl (C=O) groups excluding carboxylic acids is 1. The van der Waals surface area contributed by atoms with E-state index >= 15 is 0 Å². The highest BCUT2D eigenvalue weighted by Gasteiger charge is 2.28. The fourth-order valence-corrected chi connectivity index (χ4v) is 6.11. The average Bonchev–Trinajstić information content (AvgIpc) is 2.86. The summed E-state index contributed by atoms with van der Waals surface area (Å²) >= 11 is 0. The maximum Gasteiger partial charge on any atom is 0.305 e. The molecule has 33 heavy (non-hydrogen) atoms. The Morgan fingerprint density at radius 2 is 1.06 bits per heavy atom. The van der Waals surface area contributed by atoms with Crippen LogP contribution in [-0.4, -0.2) is 36.1 Å². The molecule has 0 aromatic carbocycles. The molecule has 0 bridgehead atoms. The van der Waals surface area contributed by atoms with Crippen LogP contribution in [0.2, 0.25) is 0 Å². The Morgan fingerprint density at radius 3 is 1.52 bits per heavy atom. The van der Waals surface area contributed by atoms with Gasteiger partial charge in [0.2, 0.25) is 0 Å². The molecule has 2 rings (SSSR count). The molecule has 0 atom stereocenters. The van der Waals surface area contributed by atoms with E-state index in [1.165, 1.54) is 141 Å². The van der Waals surface area contributed by atoms with Gasteiger partial charge in [-0.1, -0.05) is 122 Å². The third-order valence-electron chi connectivity index (χ3n) is 8.18. The molecular weight excluding hydrogens is 406 g/mol. The van der Waals surface area contributed by atoms with Gasteiger partial charge in [-0.05, 0) is 32.1 Å². The molecule has 0 amide bonds. The number of esters is 1. The van der Waals surface area contributed by atoms with Crippen molar-refractivity contribution < 1.29 is 9.53 Å². The van der Waals surface area contributed by atoms with E-state index in [1.807, 2.05) is 0 Å². The molecule has 0 unspecified atom stereocenters. The fraction of sp³-hybridized carbons (Fsp3) is 0.967. The van der Waals surface area contributed by atoms with Crippen LogP contribution in [0.5, 0.6) is 0 Å². The van der Waals surface area contributed by atoms with E-state index in [2.05, 4.69) is 11.8 Å². The third-order valence-corrected chi connectivity index (χ3v) is 8.18. The monoisotopic (exact) mass is 463 g/mol. The highest BCUT2D eigenvalue weighted by Crippen LogP contribution is 2.30. The fourth-order valence-electron chi connectivity index (χ4n) is 6.11. The number of carbonyl (C=O) groups is 1. The van der Waals surface area contributed by atoms with Crippen LogP contribution in [0.25, 0.3) is 0 Å². The zero-order chi connectivity index (χ0) is 23.4. The van der Waals surface area contributed by atoms with Crippen molar-refractivity contribution in [3.8, 4) is 0 Å². The first-order valence-corrected chi connectivity index (χ1v) is 15.2. The zero-order valence-corrected chi connectivity index (χ0v) is 22.3. The summed E-state index contributed by atoms with van der Waals surface area (Å²) < 4.78 is 5.68. The van der Waals surface area contributed by atoms with Gasteiger partial charge in [0, 0.05) is 25.0 Å². The van der Waals surface area contributed by atoms with Gasteiger partial charge in [-0.15, -0.1) is 0 Å². The Hall–Kier alpha value is -0.570. The van der Waals surface area contributed by atoms with Crippen LogP contribution in [0.1, 0.15) is 161 Å². The first-order valence-electron chi connectivity index (χ1n) is 15.2. The number of rotatable bonds is 19. The molecule has 0 saturated heterocycles. The largest absolute Gasteiger partial charge is 0.464 e. The smallest absolute Gasteiger partial charge is 0.305 e. The van der Waals surface area contributed by atoms with Crippen LogP contribution >= 0.6 is 0 Å². The second kappa shape index (κ2) is 19.7. The molecule has 3 heteroatoms. The third kappa shape index (κ3) is 13.8. The van der Waals surface area contributed by atoms with Crippen LogP contribution in [0.15, 0.2) is 0 Å². The Labute approximate surface area is 206 Å². The van der Waals surface area contributed by atoms with Gasteiger partial charge in [-0.2, -0.15) is 0 Å². The van der Waals surface area contributed by atoms with Crippen molar-refractivity contribution >= 4 is 5.97 Å². The Bertz CT molecular complexity index is 436. The molecule has 194 valence electrons. The lowest BCUT2D eigenvalue weighted by Crippen LogP contribution is -2.46. The number of unbranched alkanes of at least 4 members (excludes halogenated alkanes) is 12. The van der Waals surface area contributed by atoms with Gasteiger partial charge in [0.1, 0.15) is 6.61 Å². The minimum Gasteiger partial charge on any atom is -0.464 e. The normalized spacial score (nSPS) is 18.1. The summed E-state index contributed by atoms with van der Waals surface area (Å²) in [6.45, 7) is 3.84. The minimum absolute atomic E-state index is 0.0327. The van der Waals surface area contributed by atoms with E-state index in [1.54, 1.807) is 0 Å². The van der Waals surface area contributed by atoms with Gasteiger partial charge < -0.3 is 4.74 Å². The van der Waals surface area contributed by atoms with Crippen molar-refractivity contribution in [2.24, 2.45) is 0 Å². The van der Waals surface area contributed by atoms with Crippen molar-refractivity contribution in [3.63, 3.8) is 0 Å². The lowest BCUT2D eigenvalue weighted by atomic mass is 9.88. The van der Waals surface area contributed by atoms with Crippen molar-refractivity contribution in [2.75, 3.05) is 13.2 Å². The summed E-state index contributed by atoms with van der Waals surface area (Å²) in [5.41, 5.74) is 0.